The van der Waals surface area contributed by atoms with E-state index >= 15 is 0 Å². The number of aliphatic hydroxyl groups is 1. The monoisotopic (exact) mass is 228 g/mol. The number of aromatic nitrogens is 1. The van der Waals surface area contributed by atoms with Gasteiger partial charge in [0.15, 0.2) is 0 Å². The van der Waals surface area contributed by atoms with Crippen molar-refractivity contribution in [3.63, 3.8) is 0 Å². The molecule has 0 aliphatic heterocycles. The van der Waals surface area contributed by atoms with Gasteiger partial charge in [0.1, 0.15) is 5.01 Å². The summed E-state index contributed by atoms with van der Waals surface area (Å²) >= 11 is 1.76. The topological polar surface area (TPSA) is 45.2 Å². The molecule has 15 heavy (non-hydrogen) atoms. The van der Waals surface area contributed by atoms with Crippen LogP contribution in [0, 0.1) is 5.92 Å². The average Bonchev–Trinajstić information content (AvgIpc) is 2.73. The fourth-order valence-electron chi connectivity index (χ4n) is 1.22. The molecule has 1 heterocycles. The molecule has 1 aromatic heterocycles. The Hall–Kier alpha value is -0.450. The van der Waals surface area contributed by atoms with Gasteiger partial charge in [0.25, 0.3) is 0 Å². The third-order valence-corrected chi connectivity index (χ3v) is 3.70. The van der Waals surface area contributed by atoms with Gasteiger partial charge in [-0.15, -0.1) is 11.3 Å². The van der Waals surface area contributed by atoms with Crippen LogP contribution < -0.4 is 5.32 Å². The van der Waals surface area contributed by atoms with Gasteiger partial charge < -0.3 is 10.4 Å². The van der Waals surface area contributed by atoms with Gasteiger partial charge in [-0.25, -0.2) is 4.98 Å². The molecule has 2 unspecified atom stereocenters. The highest BCUT2D eigenvalue weighted by Gasteiger charge is 2.10. The van der Waals surface area contributed by atoms with Crippen molar-refractivity contribution in [3.8, 4) is 0 Å². The van der Waals surface area contributed by atoms with Crippen LogP contribution >= 0.6 is 11.3 Å². The van der Waals surface area contributed by atoms with E-state index in [1.807, 2.05) is 13.1 Å². The Bertz CT molecular complexity index is 288. The molecule has 2 N–H and O–H groups in total. The molecular weight excluding hydrogens is 208 g/mol. The van der Waals surface area contributed by atoms with Gasteiger partial charge in [-0.2, -0.15) is 0 Å². The maximum absolute atomic E-state index is 8.91. The van der Waals surface area contributed by atoms with E-state index in [1.54, 1.807) is 11.3 Å². The van der Waals surface area contributed by atoms with Gasteiger partial charge in [-0.3, -0.25) is 0 Å². The normalized spacial score (nSPS) is 15.2. The van der Waals surface area contributed by atoms with Crippen molar-refractivity contribution in [2.24, 2.45) is 5.92 Å². The quantitative estimate of drug-likeness (QED) is 0.782. The Labute approximate surface area is 95.6 Å². The Morgan fingerprint density at radius 2 is 2.27 bits per heavy atom. The van der Waals surface area contributed by atoms with E-state index in [4.69, 9.17) is 5.11 Å². The van der Waals surface area contributed by atoms with Crippen LogP contribution in [-0.2, 0) is 6.42 Å². The smallest absolute Gasteiger partial charge is 0.109 e. The predicted octanol–water partition coefficient (Wildman–Crippen LogP) is 1.98. The van der Waals surface area contributed by atoms with E-state index in [9.17, 15) is 0 Å². The van der Waals surface area contributed by atoms with Crippen molar-refractivity contribution in [1.29, 1.82) is 0 Å². The van der Waals surface area contributed by atoms with Crippen LogP contribution in [0.4, 0.5) is 0 Å². The van der Waals surface area contributed by atoms with Crippen molar-refractivity contribution in [2.75, 3.05) is 13.2 Å². The molecule has 86 valence electrons. The van der Waals surface area contributed by atoms with Gasteiger partial charge in [0.2, 0.25) is 0 Å². The Balaban J connectivity index is 2.42. The third kappa shape index (κ3) is 3.89. The van der Waals surface area contributed by atoms with E-state index in [0.717, 1.165) is 18.0 Å². The van der Waals surface area contributed by atoms with Crippen LogP contribution in [0.5, 0.6) is 0 Å². The van der Waals surface area contributed by atoms with Crippen molar-refractivity contribution in [3.05, 3.63) is 16.1 Å². The van der Waals surface area contributed by atoms with Crippen molar-refractivity contribution >= 4 is 11.3 Å². The highest BCUT2D eigenvalue weighted by molar-refractivity contribution is 7.11. The number of nitrogens with zero attached hydrogens (tertiary/aromatic N) is 1. The van der Waals surface area contributed by atoms with E-state index in [2.05, 4.69) is 24.1 Å². The highest BCUT2D eigenvalue weighted by Crippen LogP contribution is 2.20. The molecule has 0 spiro atoms. The lowest BCUT2D eigenvalue weighted by molar-refractivity contribution is 0.231. The van der Waals surface area contributed by atoms with E-state index in [0.29, 0.717) is 5.92 Å². The summed E-state index contributed by atoms with van der Waals surface area (Å²) in [5, 5.41) is 13.4. The molecule has 0 radical (unpaired) electrons. The minimum atomic E-state index is 0.234. The van der Waals surface area contributed by atoms with Crippen molar-refractivity contribution in [2.45, 2.75) is 33.2 Å². The first kappa shape index (κ1) is 12.6. The van der Waals surface area contributed by atoms with Crippen molar-refractivity contribution < 1.29 is 5.11 Å². The molecule has 1 aromatic rings. The number of aryl methyl sites for hydroxylation is 1. The van der Waals surface area contributed by atoms with Crippen LogP contribution in [0.25, 0.3) is 0 Å². The van der Waals surface area contributed by atoms with Crippen LogP contribution in [0.3, 0.4) is 0 Å². The summed E-state index contributed by atoms with van der Waals surface area (Å²) in [7, 11) is 0. The second kappa shape index (κ2) is 6.20. The molecule has 0 aliphatic carbocycles. The van der Waals surface area contributed by atoms with Crippen LogP contribution in [0.2, 0.25) is 0 Å². The zero-order valence-electron chi connectivity index (χ0n) is 9.66. The molecular formula is C11H20N2OS. The summed E-state index contributed by atoms with van der Waals surface area (Å²) < 4.78 is 0. The fraction of sp³-hybridized carbons (Fsp3) is 0.727. The van der Waals surface area contributed by atoms with E-state index < -0.39 is 0 Å². The lowest BCUT2D eigenvalue weighted by atomic mass is 10.2. The molecule has 0 amide bonds. The Morgan fingerprint density at radius 1 is 1.53 bits per heavy atom. The fourth-order valence-corrected chi connectivity index (χ4v) is 2.10. The predicted molar refractivity (Wildman–Crippen MR) is 64.2 cm³/mol. The molecule has 0 aromatic carbocycles. The zero-order valence-corrected chi connectivity index (χ0v) is 10.5. The molecule has 0 saturated carbocycles. The lowest BCUT2D eigenvalue weighted by Gasteiger charge is -2.14. The molecule has 0 bridgehead atoms. The summed E-state index contributed by atoms with van der Waals surface area (Å²) in [4.78, 5) is 5.71. The average molecular weight is 228 g/mol. The Kier molecular flexibility index (Phi) is 5.22. The van der Waals surface area contributed by atoms with Gasteiger partial charge >= 0.3 is 0 Å². The summed E-state index contributed by atoms with van der Waals surface area (Å²) in [6.45, 7) is 7.35. The van der Waals surface area contributed by atoms with Crippen molar-refractivity contribution in [1.82, 2.24) is 10.3 Å². The maximum Gasteiger partial charge on any atom is 0.109 e. The van der Waals surface area contributed by atoms with E-state index in [1.165, 1.54) is 4.88 Å². The number of rotatable bonds is 6. The van der Waals surface area contributed by atoms with Crippen LogP contribution in [0.15, 0.2) is 6.20 Å². The summed E-state index contributed by atoms with van der Waals surface area (Å²) in [5.41, 5.74) is 0. The minimum absolute atomic E-state index is 0.234. The Morgan fingerprint density at radius 3 is 2.80 bits per heavy atom. The maximum atomic E-state index is 8.91. The standard InChI is InChI=1S/C11H20N2OS/c1-4-10-6-13-11(15-10)9(3)12-5-8(2)7-14/h6,8-9,12,14H,4-5,7H2,1-3H3. The number of nitrogens with one attached hydrogen (secondary N) is 1. The number of hydrogen-bond acceptors (Lipinski definition) is 4. The second-order valence-electron chi connectivity index (χ2n) is 3.94. The molecule has 0 saturated heterocycles. The van der Waals surface area contributed by atoms with Gasteiger partial charge in [-0.1, -0.05) is 13.8 Å². The zero-order chi connectivity index (χ0) is 11.3. The van der Waals surface area contributed by atoms with Crippen LogP contribution in [0.1, 0.15) is 36.7 Å². The summed E-state index contributed by atoms with van der Waals surface area (Å²) in [6.07, 6.45) is 3.01. The highest BCUT2D eigenvalue weighted by atomic mass is 32.1. The molecule has 0 fully saturated rings. The van der Waals surface area contributed by atoms with Gasteiger partial charge in [-0.05, 0) is 19.3 Å². The number of thiazole rings is 1. The summed E-state index contributed by atoms with van der Waals surface area (Å²) in [5.74, 6) is 0.304. The second-order valence-corrected chi connectivity index (χ2v) is 5.08. The first-order chi connectivity index (χ1) is 7.17. The number of hydrogen-bond donors (Lipinski definition) is 2. The molecule has 3 nitrogen and oxygen atoms in total. The molecule has 0 aliphatic rings. The SMILES string of the molecule is CCc1cnc(C(C)NCC(C)CO)s1. The molecule has 1 rings (SSSR count). The number of aliphatic hydroxyl groups excluding tert-OH is 1. The summed E-state index contributed by atoms with van der Waals surface area (Å²) in [6, 6.07) is 0.282. The van der Waals surface area contributed by atoms with Gasteiger partial charge in [0.05, 0.1) is 6.04 Å². The first-order valence-corrected chi connectivity index (χ1v) is 6.27. The third-order valence-electron chi connectivity index (χ3n) is 2.37. The minimum Gasteiger partial charge on any atom is -0.396 e. The van der Waals surface area contributed by atoms with E-state index in [-0.39, 0.29) is 12.6 Å². The lowest BCUT2D eigenvalue weighted by Crippen LogP contribution is -2.25. The van der Waals surface area contributed by atoms with Gasteiger partial charge in [0, 0.05) is 24.2 Å². The molecule has 2 atom stereocenters. The largest absolute Gasteiger partial charge is 0.396 e. The molecule has 4 heteroatoms. The van der Waals surface area contributed by atoms with Crippen LogP contribution in [-0.4, -0.2) is 23.2 Å². The first-order valence-electron chi connectivity index (χ1n) is 5.46.